The lowest BCUT2D eigenvalue weighted by molar-refractivity contribution is 0.108. The summed E-state index contributed by atoms with van der Waals surface area (Å²) < 4.78 is 11.4. The Balaban J connectivity index is 2.06. The van der Waals surface area contributed by atoms with Crippen LogP contribution in [0.5, 0.6) is 0 Å². The molecule has 0 atom stereocenters. The van der Waals surface area contributed by atoms with E-state index in [2.05, 4.69) is 28.2 Å². The van der Waals surface area contributed by atoms with E-state index in [0.717, 1.165) is 23.5 Å². The number of nitrogens with one attached hydrogen (secondary N) is 1. The number of hydrogen-bond donors (Lipinski definition) is 1. The summed E-state index contributed by atoms with van der Waals surface area (Å²) in [4.78, 5) is 0. The number of rotatable bonds is 6. The van der Waals surface area contributed by atoms with Crippen molar-refractivity contribution in [1.82, 2.24) is 5.32 Å². The van der Waals surface area contributed by atoms with Crippen molar-refractivity contribution in [2.24, 2.45) is 0 Å². The van der Waals surface area contributed by atoms with Gasteiger partial charge >= 0.3 is 0 Å². The van der Waals surface area contributed by atoms with E-state index in [9.17, 15) is 0 Å². The van der Waals surface area contributed by atoms with E-state index < -0.39 is 0 Å². The standard InChI is InChI=1S/C9H14BrNO2/c1-2-11-5-6-12-7-8-3-4-9(10)13-8/h3-4,11H,2,5-7H2,1H3. The molecule has 0 aromatic carbocycles. The van der Waals surface area contributed by atoms with Crippen LogP contribution in [0.2, 0.25) is 0 Å². The molecule has 1 rings (SSSR count). The Hall–Kier alpha value is -0.320. The quantitative estimate of drug-likeness (QED) is 0.783. The average molecular weight is 248 g/mol. The highest BCUT2D eigenvalue weighted by Gasteiger charge is 1.98. The van der Waals surface area contributed by atoms with E-state index in [1.54, 1.807) is 0 Å². The van der Waals surface area contributed by atoms with Crippen LogP contribution < -0.4 is 5.32 Å². The Morgan fingerprint density at radius 3 is 3.00 bits per heavy atom. The highest BCUT2D eigenvalue weighted by atomic mass is 79.9. The zero-order chi connectivity index (χ0) is 9.52. The van der Waals surface area contributed by atoms with Crippen LogP contribution in [-0.4, -0.2) is 19.7 Å². The van der Waals surface area contributed by atoms with Gasteiger partial charge in [0, 0.05) is 6.54 Å². The predicted octanol–water partition coefficient (Wildman–Crippen LogP) is 2.17. The molecule has 0 saturated carbocycles. The third-order valence-corrected chi connectivity index (χ3v) is 1.97. The van der Waals surface area contributed by atoms with Crippen molar-refractivity contribution < 1.29 is 9.15 Å². The third-order valence-electron chi connectivity index (χ3n) is 1.55. The molecule has 0 unspecified atom stereocenters. The average Bonchev–Trinajstić information content (AvgIpc) is 2.51. The molecule has 74 valence electrons. The molecular formula is C9H14BrNO2. The minimum atomic E-state index is 0.539. The van der Waals surface area contributed by atoms with Gasteiger partial charge in [-0.2, -0.15) is 0 Å². The van der Waals surface area contributed by atoms with Gasteiger partial charge in [0.25, 0.3) is 0 Å². The molecule has 1 aromatic heterocycles. The van der Waals surface area contributed by atoms with Crippen LogP contribution in [0.15, 0.2) is 21.2 Å². The van der Waals surface area contributed by atoms with Gasteiger partial charge in [-0.15, -0.1) is 0 Å². The fraction of sp³-hybridized carbons (Fsp3) is 0.556. The lowest BCUT2D eigenvalue weighted by Gasteiger charge is -2.01. The molecule has 0 fully saturated rings. The summed E-state index contributed by atoms with van der Waals surface area (Å²) >= 11 is 3.23. The molecular weight excluding hydrogens is 234 g/mol. The largest absolute Gasteiger partial charge is 0.452 e. The van der Waals surface area contributed by atoms with Crippen LogP contribution in [0.25, 0.3) is 0 Å². The molecule has 0 amide bonds. The van der Waals surface area contributed by atoms with Crippen molar-refractivity contribution in [3.05, 3.63) is 22.6 Å². The van der Waals surface area contributed by atoms with Crippen LogP contribution in [0, 0.1) is 0 Å². The van der Waals surface area contributed by atoms with Gasteiger partial charge in [-0.25, -0.2) is 0 Å². The van der Waals surface area contributed by atoms with Gasteiger partial charge in [0.05, 0.1) is 6.61 Å². The van der Waals surface area contributed by atoms with Crippen LogP contribution in [-0.2, 0) is 11.3 Å². The maximum absolute atomic E-state index is 5.36. The summed E-state index contributed by atoms with van der Waals surface area (Å²) in [5.41, 5.74) is 0. The summed E-state index contributed by atoms with van der Waals surface area (Å²) in [6.45, 7) is 5.20. The van der Waals surface area contributed by atoms with Gasteiger partial charge in [-0.3, -0.25) is 0 Å². The lowest BCUT2D eigenvalue weighted by Crippen LogP contribution is -2.18. The van der Waals surface area contributed by atoms with E-state index in [0.29, 0.717) is 13.2 Å². The lowest BCUT2D eigenvalue weighted by atomic mass is 10.5. The molecule has 1 N–H and O–H groups in total. The third kappa shape index (κ3) is 4.45. The Morgan fingerprint density at radius 1 is 1.54 bits per heavy atom. The molecule has 1 heterocycles. The van der Waals surface area contributed by atoms with Gasteiger partial charge in [0.15, 0.2) is 4.67 Å². The summed E-state index contributed by atoms with van der Waals surface area (Å²) in [5, 5.41) is 3.17. The van der Waals surface area contributed by atoms with Crippen LogP contribution in [0.4, 0.5) is 0 Å². The second-order valence-corrected chi connectivity index (χ2v) is 3.39. The highest BCUT2D eigenvalue weighted by Crippen LogP contribution is 2.14. The molecule has 0 radical (unpaired) electrons. The van der Waals surface area contributed by atoms with Crippen molar-refractivity contribution in [1.29, 1.82) is 0 Å². The van der Waals surface area contributed by atoms with Gasteiger partial charge in [-0.1, -0.05) is 6.92 Å². The number of halogens is 1. The summed E-state index contributed by atoms with van der Waals surface area (Å²) in [6.07, 6.45) is 0. The molecule has 0 bridgehead atoms. The fourth-order valence-electron chi connectivity index (χ4n) is 0.923. The van der Waals surface area contributed by atoms with Crippen molar-refractivity contribution >= 4 is 15.9 Å². The number of hydrogen-bond acceptors (Lipinski definition) is 3. The normalized spacial score (nSPS) is 10.6. The van der Waals surface area contributed by atoms with Crippen LogP contribution >= 0.6 is 15.9 Å². The summed E-state index contributed by atoms with van der Waals surface area (Å²) in [5.74, 6) is 0.850. The second kappa shape index (κ2) is 6.18. The summed E-state index contributed by atoms with van der Waals surface area (Å²) in [7, 11) is 0. The van der Waals surface area contributed by atoms with Crippen molar-refractivity contribution in [2.75, 3.05) is 19.7 Å². The molecule has 13 heavy (non-hydrogen) atoms. The van der Waals surface area contributed by atoms with Gasteiger partial charge in [0.2, 0.25) is 0 Å². The maximum atomic E-state index is 5.36. The Bertz CT molecular complexity index is 237. The highest BCUT2D eigenvalue weighted by molar-refractivity contribution is 9.10. The number of furan rings is 1. The molecule has 1 aromatic rings. The molecule has 3 nitrogen and oxygen atoms in total. The van der Waals surface area contributed by atoms with E-state index in [1.165, 1.54) is 0 Å². The monoisotopic (exact) mass is 247 g/mol. The first-order chi connectivity index (χ1) is 6.33. The predicted molar refractivity (Wildman–Crippen MR) is 54.6 cm³/mol. The zero-order valence-corrected chi connectivity index (χ0v) is 9.26. The minimum Gasteiger partial charge on any atom is -0.452 e. The topological polar surface area (TPSA) is 34.4 Å². The van der Waals surface area contributed by atoms with Gasteiger partial charge in [-0.05, 0) is 34.6 Å². The smallest absolute Gasteiger partial charge is 0.169 e. The number of likely N-dealkylation sites (N-methyl/N-ethyl adjacent to an activating group) is 1. The SMILES string of the molecule is CCNCCOCc1ccc(Br)o1. The van der Waals surface area contributed by atoms with E-state index in [1.807, 2.05) is 12.1 Å². The maximum Gasteiger partial charge on any atom is 0.169 e. The van der Waals surface area contributed by atoms with Gasteiger partial charge < -0.3 is 14.5 Å². The first-order valence-electron chi connectivity index (χ1n) is 4.35. The van der Waals surface area contributed by atoms with Gasteiger partial charge in [0.1, 0.15) is 12.4 Å². The molecule has 0 aliphatic carbocycles. The fourth-order valence-corrected chi connectivity index (χ4v) is 1.26. The van der Waals surface area contributed by atoms with E-state index >= 15 is 0 Å². The molecule has 0 spiro atoms. The minimum absolute atomic E-state index is 0.539. The Morgan fingerprint density at radius 2 is 2.38 bits per heavy atom. The van der Waals surface area contributed by atoms with Crippen molar-refractivity contribution in [2.45, 2.75) is 13.5 Å². The van der Waals surface area contributed by atoms with Crippen molar-refractivity contribution in [3.63, 3.8) is 0 Å². The van der Waals surface area contributed by atoms with Crippen molar-refractivity contribution in [3.8, 4) is 0 Å². The Kier molecular flexibility index (Phi) is 5.12. The number of ether oxygens (including phenoxy) is 1. The second-order valence-electron chi connectivity index (χ2n) is 2.61. The molecule has 0 aliphatic rings. The van der Waals surface area contributed by atoms with E-state index in [-0.39, 0.29) is 0 Å². The van der Waals surface area contributed by atoms with Crippen LogP contribution in [0.1, 0.15) is 12.7 Å². The summed E-state index contributed by atoms with van der Waals surface area (Å²) in [6, 6.07) is 3.76. The van der Waals surface area contributed by atoms with E-state index in [4.69, 9.17) is 9.15 Å². The molecule has 0 aliphatic heterocycles. The molecule has 0 saturated heterocycles. The van der Waals surface area contributed by atoms with Crippen LogP contribution in [0.3, 0.4) is 0 Å². The Labute approximate surface area is 86.6 Å². The zero-order valence-electron chi connectivity index (χ0n) is 7.68. The molecule has 4 heteroatoms. The first kappa shape index (κ1) is 10.8. The first-order valence-corrected chi connectivity index (χ1v) is 5.15.